The van der Waals surface area contributed by atoms with Crippen molar-refractivity contribution in [2.75, 3.05) is 40.3 Å². The maximum absolute atomic E-state index is 12.0. The zero-order valence-electron chi connectivity index (χ0n) is 12.1. The molecule has 6 nitrogen and oxygen atoms in total. The van der Waals surface area contributed by atoms with Crippen LogP contribution in [0, 0.1) is 5.92 Å². The Morgan fingerprint density at radius 3 is 2.53 bits per heavy atom. The van der Waals surface area contributed by atoms with Gasteiger partial charge in [-0.25, -0.2) is 4.79 Å². The van der Waals surface area contributed by atoms with Gasteiger partial charge in [-0.2, -0.15) is 0 Å². The van der Waals surface area contributed by atoms with Gasteiger partial charge in [0.2, 0.25) is 0 Å². The normalized spacial score (nSPS) is 18.9. The number of nitrogens with zero attached hydrogens (tertiary/aromatic N) is 2. The number of rotatable bonds is 5. The van der Waals surface area contributed by atoms with Crippen molar-refractivity contribution >= 4 is 11.9 Å². The number of carbonyl (C=O) groups excluding carboxylic acids is 2. The lowest BCUT2D eigenvalue weighted by Gasteiger charge is -2.32. The zero-order valence-corrected chi connectivity index (χ0v) is 12.1. The van der Waals surface area contributed by atoms with E-state index in [4.69, 9.17) is 10.5 Å². The van der Waals surface area contributed by atoms with Crippen molar-refractivity contribution in [2.24, 2.45) is 11.7 Å². The van der Waals surface area contributed by atoms with Crippen LogP contribution in [-0.2, 0) is 14.3 Å². The molecule has 1 amide bonds. The number of piperidine rings is 1. The van der Waals surface area contributed by atoms with Crippen LogP contribution in [0.3, 0.4) is 0 Å². The van der Waals surface area contributed by atoms with E-state index < -0.39 is 12.0 Å². The first kappa shape index (κ1) is 15.9. The van der Waals surface area contributed by atoms with Crippen molar-refractivity contribution in [1.82, 2.24) is 9.80 Å². The van der Waals surface area contributed by atoms with Gasteiger partial charge in [-0.3, -0.25) is 4.79 Å². The molecule has 1 atom stereocenters. The average molecular weight is 271 g/mol. The molecular weight excluding hydrogens is 246 g/mol. The molecule has 1 aliphatic heterocycles. The molecule has 1 fully saturated rings. The summed E-state index contributed by atoms with van der Waals surface area (Å²) in [4.78, 5) is 27.2. The number of carbonyl (C=O) groups is 2. The second kappa shape index (κ2) is 7.45. The molecule has 0 saturated carbocycles. The van der Waals surface area contributed by atoms with Gasteiger partial charge in [0.05, 0.1) is 6.61 Å². The number of ether oxygens (including phenoxy) is 1. The highest BCUT2D eigenvalue weighted by molar-refractivity contribution is 6.01. The SMILES string of the molecule is CCOC(=O)C(N)C(=O)N(C)CC1CCN(C)CC1. The number of likely N-dealkylation sites (tertiary alicyclic amines) is 1. The fraction of sp³-hybridized carbons (Fsp3) is 0.846. The van der Waals surface area contributed by atoms with Gasteiger partial charge in [-0.05, 0) is 45.8 Å². The van der Waals surface area contributed by atoms with Crippen LogP contribution in [0.15, 0.2) is 0 Å². The number of amides is 1. The number of nitrogens with two attached hydrogens (primary N) is 1. The van der Waals surface area contributed by atoms with Gasteiger partial charge in [0.15, 0.2) is 6.04 Å². The smallest absolute Gasteiger partial charge is 0.332 e. The summed E-state index contributed by atoms with van der Waals surface area (Å²) in [6, 6.07) is -1.20. The van der Waals surface area contributed by atoms with Gasteiger partial charge < -0.3 is 20.3 Å². The summed E-state index contributed by atoms with van der Waals surface area (Å²) in [5, 5.41) is 0. The van der Waals surface area contributed by atoms with Crippen LogP contribution in [0.2, 0.25) is 0 Å². The van der Waals surface area contributed by atoms with Crippen LogP contribution < -0.4 is 5.73 Å². The fourth-order valence-corrected chi connectivity index (χ4v) is 2.29. The summed E-state index contributed by atoms with van der Waals surface area (Å²) in [5.41, 5.74) is 5.60. The van der Waals surface area contributed by atoms with Crippen LogP contribution in [0.5, 0.6) is 0 Å². The van der Waals surface area contributed by atoms with Crippen molar-refractivity contribution in [2.45, 2.75) is 25.8 Å². The van der Waals surface area contributed by atoms with Gasteiger partial charge in [0.1, 0.15) is 0 Å². The predicted octanol–water partition coefficient (Wildman–Crippen LogP) is -0.323. The summed E-state index contributed by atoms with van der Waals surface area (Å²) < 4.78 is 4.76. The summed E-state index contributed by atoms with van der Waals surface area (Å²) in [6.07, 6.45) is 2.14. The highest BCUT2D eigenvalue weighted by Crippen LogP contribution is 2.17. The van der Waals surface area contributed by atoms with Gasteiger partial charge in [0.25, 0.3) is 5.91 Å². The molecule has 6 heteroatoms. The standard InChI is InChI=1S/C13H25N3O3/c1-4-19-13(18)11(14)12(17)16(3)9-10-5-7-15(2)8-6-10/h10-11H,4-9,14H2,1-3H3. The van der Waals surface area contributed by atoms with Crippen molar-refractivity contribution in [3.63, 3.8) is 0 Å². The van der Waals surface area contributed by atoms with Crippen molar-refractivity contribution in [3.8, 4) is 0 Å². The predicted molar refractivity (Wildman–Crippen MR) is 72.5 cm³/mol. The summed E-state index contributed by atoms with van der Waals surface area (Å²) in [6.45, 7) is 4.68. The molecule has 0 bridgehead atoms. The first-order valence-electron chi connectivity index (χ1n) is 6.81. The van der Waals surface area contributed by atoms with Crippen LogP contribution in [0.25, 0.3) is 0 Å². The molecule has 1 aliphatic rings. The monoisotopic (exact) mass is 271 g/mol. The fourth-order valence-electron chi connectivity index (χ4n) is 2.29. The van der Waals surface area contributed by atoms with Crippen LogP contribution in [0.1, 0.15) is 19.8 Å². The summed E-state index contributed by atoms with van der Waals surface area (Å²) >= 11 is 0. The average Bonchev–Trinajstić information content (AvgIpc) is 2.39. The van der Waals surface area contributed by atoms with E-state index in [1.807, 2.05) is 0 Å². The minimum atomic E-state index is -1.20. The molecule has 2 N–H and O–H groups in total. The van der Waals surface area contributed by atoms with Gasteiger partial charge in [-0.15, -0.1) is 0 Å². The molecule has 1 unspecified atom stereocenters. The molecule has 110 valence electrons. The zero-order chi connectivity index (χ0) is 14.4. The number of hydrogen-bond acceptors (Lipinski definition) is 5. The Morgan fingerprint density at radius 1 is 1.42 bits per heavy atom. The molecule has 1 heterocycles. The number of esters is 1. The first-order chi connectivity index (χ1) is 8.95. The minimum Gasteiger partial charge on any atom is -0.464 e. The topological polar surface area (TPSA) is 75.9 Å². The van der Waals surface area contributed by atoms with E-state index >= 15 is 0 Å². The van der Waals surface area contributed by atoms with Gasteiger partial charge in [-0.1, -0.05) is 0 Å². The Hall–Kier alpha value is -1.14. The lowest BCUT2D eigenvalue weighted by Crippen LogP contribution is -2.49. The van der Waals surface area contributed by atoms with E-state index in [9.17, 15) is 9.59 Å². The van der Waals surface area contributed by atoms with E-state index in [-0.39, 0.29) is 12.5 Å². The minimum absolute atomic E-state index is 0.235. The molecule has 0 spiro atoms. The third-order valence-corrected chi connectivity index (χ3v) is 3.55. The maximum atomic E-state index is 12.0. The Labute approximate surface area is 114 Å². The second-order valence-corrected chi connectivity index (χ2v) is 5.20. The van der Waals surface area contributed by atoms with Gasteiger partial charge >= 0.3 is 5.97 Å². The Balaban J connectivity index is 2.41. The molecule has 0 aromatic carbocycles. The van der Waals surface area contributed by atoms with Crippen molar-refractivity contribution < 1.29 is 14.3 Å². The molecule has 0 aliphatic carbocycles. The van der Waals surface area contributed by atoms with Crippen molar-refractivity contribution in [1.29, 1.82) is 0 Å². The molecule has 19 heavy (non-hydrogen) atoms. The highest BCUT2D eigenvalue weighted by atomic mass is 16.5. The van der Waals surface area contributed by atoms with E-state index in [1.54, 1.807) is 18.9 Å². The van der Waals surface area contributed by atoms with E-state index in [1.165, 1.54) is 0 Å². The van der Waals surface area contributed by atoms with Crippen molar-refractivity contribution in [3.05, 3.63) is 0 Å². The largest absolute Gasteiger partial charge is 0.464 e. The maximum Gasteiger partial charge on any atom is 0.332 e. The van der Waals surface area contributed by atoms with E-state index in [2.05, 4.69) is 11.9 Å². The van der Waals surface area contributed by atoms with Gasteiger partial charge in [0, 0.05) is 13.6 Å². The first-order valence-corrected chi connectivity index (χ1v) is 6.81. The lowest BCUT2D eigenvalue weighted by molar-refractivity contribution is -0.150. The Morgan fingerprint density at radius 2 is 2.00 bits per heavy atom. The van der Waals surface area contributed by atoms with E-state index in [0.29, 0.717) is 12.5 Å². The second-order valence-electron chi connectivity index (χ2n) is 5.20. The Kier molecular flexibility index (Phi) is 6.24. The number of likely N-dealkylation sites (N-methyl/N-ethyl adjacent to an activating group) is 1. The molecular formula is C13H25N3O3. The third kappa shape index (κ3) is 4.80. The van der Waals surface area contributed by atoms with Crippen LogP contribution >= 0.6 is 0 Å². The molecule has 0 radical (unpaired) electrons. The van der Waals surface area contributed by atoms with Crippen LogP contribution in [-0.4, -0.2) is 68.1 Å². The number of hydrogen-bond donors (Lipinski definition) is 1. The third-order valence-electron chi connectivity index (χ3n) is 3.55. The summed E-state index contributed by atoms with van der Waals surface area (Å²) in [7, 11) is 3.79. The van der Waals surface area contributed by atoms with E-state index in [0.717, 1.165) is 25.9 Å². The summed E-state index contributed by atoms with van der Waals surface area (Å²) in [5.74, 6) is -0.528. The quantitative estimate of drug-likeness (QED) is 0.548. The molecule has 1 saturated heterocycles. The molecule has 0 aromatic rings. The lowest BCUT2D eigenvalue weighted by atomic mass is 9.96. The molecule has 0 aromatic heterocycles. The highest BCUT2D eigenvalue weighted by Gasteiger charge is 2.28. The Bertz CT molecular complexity index is 314. The van der Waals surface area contributed by atoms with Crippen LogP contribution in [0.4, 0.5) is 0 Å². The molecule has 1 rings (SSSR count).